The normalized spacial score (nSPS) is 8.14. The number of thiol groups is 1. The van der Waals surface area contributed by atoms with Crippen LogP contribution in [0.2, 0.25) is 0 Å². The summed E-state index contributed by atoms with van der Waals surface area (Å²) in [5, 5.41) is 0. The summed E-state index contributed by atoms with van der Waals surface area (Å²) < 4.78 is 0. The van der Waals surface area contributed by atoms with E-state index in [0.717, 1.165) is 16.9 Å². The zero-order valence-corrected chi connectivity index (χ0v) is 5.17. The van der Waals surface area contributed by atoms with Crippen molar-refractivity contribution in [2.75, 3.05) is 0 Å². The zero-order chi connectivity index (χ0) is 5.86. The average molecular weight is 113 g/mol. The molecular weight excluding hydrogens is 104 g/mol. The molecule has 0 aliphatic carbocycles. The van der Waals surface area contributed by atoms with Crippen LogP contribution in [0.4, 0.5) is 0 Å². The first-order valence-corrected chi connectivity index (χ1v) is 2.44. The quantitative estimate of drug-likeness (QED) is 0.412. The van der Waals surface area contributed by atoms with E-state index in [0.29, 0.717) is 0 Å². The van der Waals surface area contributed by atoms with Crippen molar-refractivity contribution in [2.45, 2.75) is 6.42 Å². The predicted octanol–water partition coefficient (Wildman–Crippen LogP) is 2.21. The third-order valence-electron chi connectivity index (χ3n) is 0.454. The summed E-state index contributed by atoms with van der Waals surface area (Å²) >= 11 is 3.94. The first kappa shape index (κ1) is 6.70. The fourth-order valence-corrected chi connectivity index (χ4v) is 0.512. The van der Waals surface area contributed by atoms with Gasteiger partial charge in [-0.05, 0) is 4.91 Å². The van der Waals surface area contributed by atoms with Crippen LogP contribution < -0.4 is 0 Å². The summed E-state index contributed by atoms with van der Waals surface area (Å²) in [7, 11) is 0. The molecule has 38 valence electrons. The van der Waals surface area contributed by atoms with E-state index in [9.17, 15) is 0 Å². The molecule has 1 heteroatoms. The van der Waals surface area contributed by atoms with Gasteiger partial charge in [0.1, 0.15) is 5.57 Å². The molecule has 0 unspecified atom stereocenters. The molecule has 7 heavy (non-hydrogen) atoms. The van der Waals surface area contributed by atoms with Crippen molar-refractivity contribution in [1.82, 2.24) is 0 Å². The monoisotopic (exact) mass is 113 g/mol. The van der Waals surface area contributed by atoms with Gasteiger partial charge in [0.05, 0.1) is 0 Å². The highest BCUT2D eigenvalue weighted by Gasteiger charge is 1.90. The third-order valence-corrected chi connectivity index (χ3v) is 0.612. The van der Waals surface area contributed by atoms with Crippen LogP contribution in [0.1, 0.15) is 6.42 Å². The van der Waals surface area contributed by atoms with Gasteiger partial charge in [0.15, 0.2) is 0 Å². The largest absolute Gasteiger partial charge is 0.148 e. The fourth-order valence-electron chi connectivity index (χ4n) is 0.289. The van der Waals surface area contributed by atoms with Crippen molar-refractivity contribution in [3.8, 4) is 0 Å². The van der Waals surface area contributed by atoms with E-state index in [1.807, 2.05) is 0 Å². The number of rotatable bonds is 2. The van der Waals surface area contributed by atoms with Gasteiger partial charge in [0.2, 0.25) is 0 Å². The zero-order valence-electron chi connectivity index (χ0n) is 4.28. The number of hydrogen-bond donors (Lipinski definition) is 1. The molecule has 0 saturated carbocycles. The lowest BCUT2D eigenvalue weighted by molar-refractivity contribution is 1.29. The van der Waals surface area contributed by atoms with Crippen molar-refractivity contribution in [2.24, 2.45) is 0 Å². The molecule has 0 aromatic heterocycles. The molecule has 0 rings (SSSR count). The van der Waals surface area contributed by atoms with Crippen LogP contribution in [0.25, 0.3) is 0 Å². The second kappa shape index (κ2) is 2.80. The van der Waals surface area contributed by atoms with Crippen LogP contribution >= 0.6 is 12.6 Å². The van der Waals surface area contributed by atoms with Gasteiger partial charge in [0.25, 0.3) is 0 Å². The third kappa shape index (κ3) is 5.70. The van der Waals surface area contributed by atoms with Gasteiger partial charge in [-0.2, -0.15) is 0 Å². The SMILES string of the molecule is C=C([CH2+])CC(=C)S. The van der Waals surface area contributed by atoms with Crippen LogP contribution in [-0.2, 0) is 0 Å². The molecule has 0 saturated heterocycles. The van der Waals surface area contributed by atoms with Gasteiger partial charge in [0, 0.05) is 19.9 Å². The Bertz CT molecular complexity index is 80.4. The van der Waals surface area contributed by atoms with Crippen molar-refractivity contribution >= 4 is 12.6 Å². The van der Waals surface area contributed by atoms with E-state index in [-0.39, 0.29) is 0 Å². The Morgan fingerprint density at radius 1 is 1.57 bits per heavy atom. The van der Waals surface area contributed by atoms with Crippen molar-refractivity contribution in [1.29, 1.82) is 0 Å². The Kier molecular flexibility index (Phi) is 2.68. The Morgan fingerprint density at radius 2 is 2.00 bits per heavy atom. The van der Waals surface area contributed by atoms with E-state index in [2.05, 4.69) is 32.7 Å². The summed E-state index contributed by atoms with van der Waals surface area (Å²) in [6, 6.07) is 0. The molecule has 0 amide bonds. The highest BCUT2D eigenvalue weighted by molar-refractivity contribution is 7.84. The molecule has 0 aliphatic heterocycles. The van der Waals surface area contributed by atoms with Gasteiger partial charge in [-0.1, -0.05) is 6.58 Å². The lowest BCUT2D eigenvalue weighted by Crippen LogP contribution is -1.70. The van der Waals surface area contributed by atoms with Gasteiger partial charge in [-0.25, -0.2) is 0 Å². The first-order chi connectivity index (χ1) is 3.13. The Balaban J connectivity index is 3.32. The average Bonchev–Trinajstić information content (AvgIpc) is 1.27. The van der Waals surface area contributed by atoms with Crippen LogP contribution in [0.5, 0.6) is 0 Å². The van der Waals surface area contributed by atoms with Crippen LogP contribution in [-0.4, -0.2) is 0 Å². The standard InChI is InChI=1S/C6H8S/c1-5(2)4-6(3)7/h1-4H2/p+1. The van der Waals surface area contributed by atoms with Gasteiger partial charge in [-0.3, -0.25) is 0 Å². The molecule has 0 atom stereocenters. The Morgan fingerprint density at radius 3 is 2.00 bits per heavy atom. The fraction of sp³-hybridized carbons (Fsp3) is 0.167. The van der Waals surface area contributed by atoms with Crippen LogP contribution in [0.3, 0.4) is 0 Å². The van der Waals surface area contributed by atoms with E-state index in [1.54, 1.807) is 0 Å². The summed E-state index contributed by atoms with van der Waals surface area (Å²) in [5.41, 5.74) is 0.861. The van der Waals surface area contributed by atoms with E-state index in [4.69, 9.17) is 0 Å². The molecule has 0 N–H and O–H groups in total. The minimum atomic E-state index is 0.725. The topological polar surface area (TPSA) is 0 Å². The summed E-state index contributed by atoms with van der Waals surface area (Å²) in [4.78, 5) is 0.819. The summed E-state index contributed by atoms with van der Waals surface area (Å²) in [6.07, 6.45) is 0.725. The van der Waals surface area contributed by atoms with Crippen molar-refractivity contribution in [3.63, 3.8) is 0 Å². The molecule has 0 heterocycles. The molecule has 0 radical (unpaired) electrons. The molecule has 0 bridgehead atoms. The molecular formula is C6H9S+. The number of hydrogen-bond acceptors (Lipinski definition) is 1. The lowest BCUT2D eigenvalue weighted by atomic mass is 10.2. The second-order valence-corrected chi connectivity index (χ2v) is 2.13. The maximum atomic E-state index is 3.94. The minimum absolute atomic E-state index is 0.725. The predicted molar refractivity (Wildman–Crippen MR) is 37.2 cm³/mol. The second-order valence-electron chi connectivity index (χ2n) is 1.49. The van der Waals surface area contributed by atoms with Crippen LogP contribution in [0, 0.1) is 6.92 Å². The highest BCUT2D eigenvalue weighted by atomic mass is 32.1. The van der Waals surface area contributed by atoms with E-state index < -0.39 is 0 Å². The molecule has 0 spiro atoms. The van der Waals surface area contributed by atoms with Crippen LogP contribution in [0.15, 0.2) is 23.6 Å². The Labute approximate surface area is 50.3 Å². The maximum absolute atomic E-state index is 3.94. The van der Waals surface area contributed by atoms with Gasteiger partial charge < -0.3 is 0 Å². The molecule has 0 fully saturated rings. The van der Waals surface area contributed by atoms with Gasteiger partial charge >= 0.3 is 0 Å². The summed E-state index contributed by atoms with van der Waals surface area (Å²) in [6.45, 7) is 10.7. The van der Waals surface area contributed by atoms with E-state index >= 15 is 0 Å². The smallest absolute Gasteiger partial charge is 0.101 e. The number of allylic oxidation sites excluding steroid dienone is 2. The molecule has 0 nitrogen and oxygen atoms in total. The van der Waals surface area contributed by atoms with Gasteiger partial charge in [-0.15, -0.1) is 12.6 Å². The highest BCUT2D eigenvalue weighted by Crippen LogP contribution is 2.07. The minimum Gasteiger partial charge on any atom is -0.148 e. The molecule has 0 aliphatic rings. The maximum Gasteiger partial charge on any atom is 0.101 e. The molecule has 0 aromatic rings. The Hall–Kier alpha value is -0.300. The first-order valence-electron chi connectivity index (χ1n) is 1.99. The summed E-state index contributed by atoms with van der Waals surface area (Å²) in [5.74, 6) is 0. The molecule has 0 aromatic carbocycles. The van der Waals surface area contributed by atoms with E-state index in [1.165, 1.54) is 0 Å². The lowest BCUT2D eigenvalue weighted by Gasteiger charge is -1.85. The van der Waals surface area contributed by atoms with Crippen molar-refractivity contribution < 1.29 is 0 Å². The van der Waals surface area contributed by atoms with Crippen molar-refractivity contribution in [3.05, 3.63) is 30.6 Å².